The highest BCUT2D eigenvalue weighted by molar-refractivity contribution is 8.17. The van der Waals surface area contributed by atoms with Crippen molar-refractivity contribution in [1.82, 2.24) is 4.90 Å². The van der Waals surface area contributed by atoms with Crippen LogP contribution in [-0.4, -0.2) is 46.1 Å². The molecule has 0 N–H and O–H groups in total. The summed E-state index contributed by atoms with van der Waals surface area (Å²) in [4.78, 5) is 24.8. The molecule has 0 aromatic carbocycles. The zero-order valence-corrected chi connectivity index (χ0v) is 12.5. The molecule has 17 heavy (non-hydrogen) atoms. The molecule has 1 aliphatic rings. The molecule has 1 unspecified atom stereocenters. The Hall–Kier alpha value is -0.360. The normalized spacial score (nSPS) is 22.6. The van der Waals surface area contributed by atoms with E-state index in [0.29, 0.717) is 12.5 Å². The van der Waals surface area contributed by atoms with Gasteiger partial charge in [-0.15, -0.1) is 23.5 Å². The number of β-lactam (4-membered cyclic amide) rings is 1. The molecule has 6 heteroatoms. The summed E-state index contributed by atoms with van der Waals surface area (Å²) in [5.74, 6) is -0.0893. The van der Waals surface area contributed by atoms with E-state index in [2.05, 4.69) is 13.8 Å². The van der Waals surface area contributed by atoms with Gasteiger partial charge in [0, 0.05) is 13.5 Å². The second-order valence-electron chi connectivity index (χ2n) is 4.37. The summed E-state index contributed by atoms with van der Waals surface area (Å²) < 4.78 is 4.68. The van der Waals surface area contributed by atoms with Crippen molar-refractivity contribution >= 4 is 35.4 Å². The largest absolute Gasteiger partial charge is 0.448 e. The molecule has 0 saturated carbocycles. The Morgan fingerprint density at radius 2 is 2.00 bits per heavy atom. The highest BCUT2D eigenvalue weighted by Gasteiger charge is 2.62. The Bertz CT molecular complexity index is 316. The SMILES string of the molecule is CSC1(SC)C(OC(C)=O)C(=O)N1CC(C)C. The summed E-state index contributed by atoms with van der Waals surface area (Å²) in [6, 6.07) is 0. The molecule has 1 heterocycles. The third-order valence-electron chi connectivity index (χ3n) is 2.61. The molecule has 0 radical (unpaired) electrons. The van der Waals surface area contributed by atoms with E-state index < -0.39 is 16.3 Å². The van der Waals surface area contributed by atoms with Crippen molar-refractivity contribution in [2.24, 2.45) is 5.92 Å². The van der Waals surface area contributed by atoms with Gasteiger partial charge in [-0.2, -0.15) is 0 Å². The summed E-state index contributed by atoms with van der Waals surface area (Å²) in [6.07, 6.45) is 3.23. The molecule has 1 rings (SSSR count). The van der Waals surface area contributed by atoms with E-state index in [-0.39, 0.29) is 5.91 Å². The van der Waals surface area contributed by atoms with Crippen molar-refractivity contribution in [2.75, 3.05) is 19.1 Å². The number of nitrogens with zero attached hydrogens (tertiary/aromatic N) is 1. The maximum Gasteiger partial charge on any atom is 0.303 e. The lowest BCUT2D eigenvalue weighted by molar-refractivity contribution is -0.178. The first-order chi connectivity index (χ1) is 7.89. The van der Waals surface area contributed by atoms with E-state index in [0.717, 1.165) is 0 Å². The summed E-state index contributed by atoms with van der Waals surface area (Å²) in [6.45, 7) is 6.16. The molecule has 1 fully saturated rings. The highest BCUT2D eigenvalue weighted by atomic mass is 32.2. The lowest BCUT2D eigenvalue weighted by Crippen LogP contribution is -2.72. The summed E-state index contributed by atoms with van der Waals surface area (Å²) in [5.41, 5.74) is 0. The number of carbonyl (C=O) groups is 2. The van der Waals surface area contributed by atoms with Gasteiger partial charge < -0.3 is 9.64 Å². The van der Waals surface area contributed by atoms with Gasteiger partial charge in [-0.25, -0.2) is 0 Å². The quantitative estimate of drug-likeness (QED) is 0.435. The molecule has 1 atom stereocenters. The average Bonchev–Trinajstić information content (AvgIpc) is 2.26. The Kier molecular flexibility index (Phi) is 4.77. The van der Waals surface area contributed by atoms with Crippen LogP contribution in [0.3, 0.4) is 0 Å². The number of likely N-dealkylation sites (tertiary alicyclic amines) is 1. The predicted molar refractivity (Wildman–Crippen MR) is 71.9 cm³/mol. The molecule has 1 saturated heterocycles. The van der Waals surface area contributed by atoms with Gasteiger partial charge in [0.15, 0.2) is 4.20 Å². The summed E-state index contributed by atoms with van der Waals surface area (Å²) >= 11 is 3.11. The van der Waals surface area contributed by atoms with Crippen LogP contribution in [0.2, 0.25) is 0 Å². The van der Waals surface area contributed by atoms with Crippen LogP contribution in [-0.2, 0) is 14.3 Å². The van der Waals surface area contributed by atoms with E-state index in [1.165, 1.54) is 6.92 Å². The molecule has 1 aliphatic heterocycles. The Morgan fingerprint density at radius 3 is 2.35 bits per heavy atom. The lowest BCUT2D eigenvalue weighted by atomic mass is 10.1. The minimum absolute atomic E-state index is 0.0856. The number of hydrogen-bond donors (Lipinski definition) is 0. The molecule has 0 spiro atoms. The fraction of sp³-hybridized carbons (Fsp3) is 0.818. The van der Waals surface area contributed by atoms with Gasteiger partial charge in [-0.1, -0.05) is 13.8 Å². The van der Waals surface area contributed by atoms with Crippen LogP contribution >= 0.6 is 23.5 Å². The minimum Gasteiger partial charge on any atom is -0.448 e. The van der Waals surface area contributed by atoms with E-state index in [9.17, 15) is 9.59 Å². The van der Waals surface area contributed by atoms with Crippen LogP contribution < -0.4 is 0 Å². The molecule has 1 amide bonds. The maximum atomic E-state index is 12.0. The lowest BCUT2D eigenvalue weighted by Gasteiger charge is -2.54. The van der Waals surface area contributed by atoms with E-state index in [1.54, 1.807) is 28.4 Å². The molecule has 0 aliphatic carbocycles. The zero-order chi connectivity index (χ0) is 13.2. The summed E-state index contributed by atoms with van der Waals surface area (Å²) in [7, 11) is 0. The second-order valence-corrected chi connectivity index (χ2v) is 6.69. The van der Waals surface area contributed by atoms with Gasteiger partial charge in [0.1, 0.15) is 0 Å². The van der Waals surface area contributed by atoms with Crippen molar-refractivity contribution in [3.05, 3.63) is 0 Å². The van der Waals surface area contributed by atoms with Crippen LogP contribution in [0.1, 0.15) is 20.8 Å². The van der Waals surface area contributed by atoms with Crippen molar-refractivity contribution < 1.29 is 14.3 Å². The first-order valence-corrected chi connectivity index (χ1v) is 7.93. The molecule has 98 valence electrons. The average molecular weight is 277 g/mol. The molecule has 4 nitrogen and oxygen atoms in total. The molecule has 0 aromatic heterocycles. The fourth-order valence-corrected chi connectivity index (χ4v) is 4.08. The number of hydrogen-bond acceptors (Lipinski definition) is 5. The number of thioether (sulfide) groups is 2. The first-order valence-electron chi connectivity index (χ1n) is 5.48. The van der Waals surface area contributed by atoms with Gasteiger partial charge in [0.2, 0.25) is 6.10 Å². The molecular weight excluding hydrogens is 258 g/mol. The predicted octanol–water partition coefficient (Wildman–Crippen LogP) is 1.80. The zero-order valence-electron chi connectivity index (χ0n) is 10.9. The topological polar surface area (TPSA) is 46.6 Å². The molecule has 0 aromatic rings. The molecule has 0 bridgehead atoms. The van der Waals surface area contributed by atoms with Crippen LogP contribution in [0.5, 0.6) is 0 Å². The second kappa shape index (κ2) is 5.52. The fourth-order valence-electron chi connectivity index (χ4n) is 1.92. The minimum atomic E-state index is -0.649. The Labute approximate surface area is 111 Å². The van der Waals surface area contributed by atoms with Crippen LogP contribution in [0.4, 0.5) is 0 Å². The smallest absolute Gasteiger partial charge is 0.303 e. The van der Waals surface area contributed by atoms with Crippen LogP contribution in [0.15, 0.2) is 0 Å². The number of ether oxygens (including phenoxy) is 1. The standard InChI is InChI=1S/C11H19NO3S2/c1-7(2)6-12-10(14)9(15-8(3)13)11(12,16-4)17-5/h7,9H,6H2,1-5H3. The van der Waals surface area contributed by atoms with Gasteiger partial charge in [-0.3, -0.25) is 9.59 Å². The molecular formula is C11H19NO3S2. The monoisotopic (exact) mass is 277 g/mol. The van der Waals surface area contributed by atoms with E-state index >= 15 is 0 Å². The van der Waals surface area contributed by atoms with E-state index in [4.69, 9.17) is 4.74 Å². The van der Waals surface area contributed by atoms with Crippen LogP contribution in [0, 0.1) is 5.92 Å². The van der Waals surface area contributed by atoms with Crippen molar-refractivity contribution in [2.45, 2.75) is 31.1 Å². The van der Waals surface area contributed by atoms with Gasteiger partial charge in [0.25, 0.3) is 5.91 Å². The van der Waals surface area contributed by atoms with Gasteiger partial charge in [0.05, 0.1) is 0 Å². The maximum absolute atomic E-state index is 12.0. The number of amides is 1. The summed E-state index contributed by atoms with van der Waals surface area (Å²) in [5, 5.41) is 0. The van der Waals surface area contributed by atoms with Gasteiger partial charge in [-0.05, 0) is 18.4 Å². The number of carbonyl (C=O) groups excluding carboxylic acids is 2. The van der Waals surface area contributed by atoms with Crippen molar-refractivity contribution in [3.8, 4) is 0 Å². The first kappa shape index (κ1) is 14.7. The Morgan fingerprint density at radius 1 is 1.47 bits per heavy atom. The number of rotatable bonds is 5. The van der Waals surface area contributed by atoms with Crippen molar-refractivity contribution in [1.29, 1.82) is 0 Å². The van der Waals surface area contributed by atoms with Gasteiger partial charge >= 0.3 is 5.97 Å². The van der Waals surface area contributed by atoms with Crippen LogP contribution in [0.25, 0.3) is 0 Å². The third-order valence-corrected chi connectivity index (χ3v) is 5.65. The van der Waals surface area contributed by atoms with E-state index in [1.807, 2.05) is 12.5 Å². The third kappa shape index (κ3) is 2.57. The Balaban J connectivity index is 2.88. The highest BCUT2D eigenvalue weighted by Crippen LogP contribution is 2.50. The van der Waals surface area contributed by atoms with Crippen molar-refractivity contribution in [3.63, 3.8) is 0 Å². The number of esters is 1.